The third-order valence-corrected chi connectivity index (χ3v) is 3.99. The van der Waals surface area contributed by atoms with Crippen LogP contribution in [-0.2, 0) is 4.74 Å². The number of nitrogens with one attached hydrogen (secondary N) is 2. The number of carbonyl (C=O) groups excluding carboxylic acids is 2. The summed E-state index contributed by atoms with van der Waals surface area (Å²) in [4.78, 5) is 28.7. The molecule has 2 aromatic carbocycles. The van der Waals surface area contributed by atoms with E-state index >= 15 is 0 Å². The number of benzene rings is 2. The number of amides is 1. The van der Waals surface area contributed by atoms with Crippen LogP contribution < -0.4 is 10.6 Å². The highest BCUT2D eigenvalue weighted by atomic mass is 16.5. The van der Waals surface area contributed by atoms with Gasteiger partial charge in [-0.05, 0) is 50.2 Å². The Labute approximate surface area is 163 Å². The van der Waals surface area contributed by atoms with Gasteiger partial charge in [-0.3, -0.25) is 4.79 Å². The number of esters is 1. The van der Waals surface area contributed by atoms with Crippen molar-refractivity contribution < 1.29 is 14.3 Å². The number of aryl methyl sites for hydroxylation is 1. The van der Waals surface area contributed by atoms with Gasteiger partial charge in [0, 0.05) is 5.56 Å². The van der Waals surface area contributed by atoms with Crippen LogP contribution in [0.2, 0.25) is 0 Å². The Morgan fingerprint density at radius 2 is 1.86 bits per heavy atom. The summed E-state index contributed by atoms with van der Waals surface area (Å²) < 4.78 is 5.07. The molecule has 1 aromatic heterocycles. The zero-order chi connectivity index (χ0) is 19.9. The van der Waals surface area contributed by atoms with Crippen molar-refractivity contribution in [3.63, 3.8) is 0 Å². The molecule has 6 heteroatoms. The van der Waals surface area contributed by atoms with Gasteiger partial charge in [0.05, 0.1) is 29.7 Å². The molecule has 2 N–H and O–H groups in total. The van der Waals surface area contributed by atoms with Crippen molar-refractivity contribution in [2.75, 3.05) is 17.2 Å². The molecule has 6 nitrogen and oxygen atoms in total. The molecule has 0 spiro atoms. The van der Waals surface area contributed by atoms with E-state index < -0.39 is 5.97 Å². The van der Waals surface area contributed by atoms with Crippen LogP contribution in [0.5, 0.6) is 0 Å². The lowest BCUT2D eigenvalue weighted by Gasteiger charge is -2.11. The topological polar surface area (TPSA) is 80.3 Å². The van der Waals surface area contributed by atoms with E-state index in [-0.39, 0.29) is 5.91 Å². The van der Waals surface area contributed by atoms with Crippen LogP contribution in [0.1, 0.15) is 33.2 Å². The van der Waals surface area contributed by atoms with E-state index in [1.54, 1.807) is 49.5 Å². The van der Waals surface area contributed by atoms with Crippen LogP contribution in [0.25, 0.3) is 0 Å². The first-order valence-corrected chi connectivity index (χ1v) is 8.94. The number of nitrogens with zero attached hydrogens (tertiary/aromatic N) is 1. The van der Waals surface area contributed by atoms with Crippen molar-refractivity contribution in [1.82, 2.24) is 4.98 Å². The van der Waals surface area contributed by atoms with E-state index in [4.69, 9.17) is 4.74 Å². The van der Waals surface area contributed by atoms with Crippen molar-refractivity contribution in [3.8, 4) is 0 Å². The first-order valence-electron chi connectivity index (χ1n) is 8.94. The van der Waals surface area contributed by atoms with Gasteiger partial charge in [-0.2, -0.15) is 0 Å². The van der Waals surface area contributed by atoms with E-state index in [2.05, 4.69) is 15.6 Å². The molecule has 0 saturated heterocycles. The Kier molecular flexibility index (Phi) is 6.01. The highest BCUT2D eigenvalue weighted by molar-refractivity contribution is 6.04. The first kappa shape index (κ1) is 19.1. The molecule has 0 fully saturated rings. The van der Waals surface area contributed by atoms with Gasteiger partial charge in [-0.1, -0.05) is 29.8 Å². The summed E-state index contributed by atoms with van der Waals surface area (Å²) in [6.45, 7) is 4.01. The molecular formula is C22H21N3O3. The van der Waals surface area contributed by atoms with Crippen LogP contribution in [0.3, 0.4) is 0 Å². The number of hydrogen-bond acceptors (Lipinski definition) is 5. The second-order valence-electron chi connectivity index (χ2n) is 6.15. The van der Waals surface area contributed by atoms with Crippen molar-refractivity contribution in [2.24, 2.45) is 0 Å². The molecule has 1 heterocycles. The smallest absolute Gasteiger partial charge is 0.340 e. The van der Waals surface area contributed by atoms with Gasteiger partial charge in [0.1, 0.15) is 5.82 Å². The second kappa shape index (κ2) is 8.81. The van der Waals surface area contributed by atoms with Gasteiger partial charge in [0.25, 0.3) is 5.91 Å². The maximum Gasteiger partial charge on any atom is 0.340 e. The highest BCUT2D eigenvalue weighted by Crippen LogP contribution is 2.21. The average molecular weight is 375 g/mol. The van der Waals surface area contributed by atoms with Crippen LogP contribution >= 0.6 is 0 Å². The third kappa shape index (κ3) is 4.73. The fraction of sp³-hybridized carbons (Fsp3) is 0.136. The number of rotatable bonds is 6. The molecule has 0 saturated carbocycles. The molecule has 142 valence electrons. The fourth-order valence-corrected chi connectivity index (χ4v) is 2.65. The lowest BCUT2D eigenvalue weighted by molar-refractivity contribution is 0.0527. The van der Waals surface area contributed by atoms with Gasteiger partial charge in [0.2, 0.25) is 0 Å². The number of ether oxygens (including phenoxy) is 1. The minimum atomic E-state index is -0.396. The SMILES string of the molecule is CCOC(=O)c1ccccc1Nc1ccc(NC(=O)c2cccc(C)c2)cn1. The number of aromatic nitrogens is 1. The minimum Gasteiger partial charge on any atom is -0.462 e. The zero-order valence-electron chi connectivity index (χ0n) is 15.7. The summed E-state index contributed by atoms with van der Waals surface area (Å²) in [6.07, 6.45) is 1.56. The molecule has 0 bridgehead atoms. The van der Waals surface area contributed by atoms with Crippen molar-refractivity contribution in [3.05, 3.63) is 83.6 Å². The Bertz CT molecular complexity index is 984. The highest BCUT2D eigenvalue weighted by Gasteiger charge is 2.12. The Morgan fingerprint density at radius 3 is 2.57 bits per heavy atom. The predicted octanol–water partition coefficient (Wildman–Crippen LogP) is 4.56. The Morgan fingerprint density at radius 1 is 1.04 bits per heavy atom. The average Bonchev–Trinajstić information content (AvgIpc) is 2.70. The van der Waals surface area contributed by atoms with Gasteiger partial charge in [-0.25, -0.2) is 9.78 Å². The zero-order valence-corrected chi connectivity index (χ0v) is 15.7. The molecule has 3 aromatic rings. The number of para-hydroxylation sites is 1. The molecule has 0 aliphatic heterocycles. The molecule has 0 aliphatic rings. The van der Waals surface area contributed by atoms with Crippen LogP contribution in [-0.4, -0.2) is 23.5 Å². The number of hydrogen-bond donors (Lipinski definition) is 2. The van der Waals surface area contributed by atoms with E-state index in [1.807, 2.05) is 31.2 Å². The van der Waals surface area contributed by atoms with Crippen LogP contribution in [0, 0.1) is 6.92 Å². The first-order chi connectivity index (χ1) is 13.6. The van der Waals surface area contributed by atoms with Crippen molar-refractivity contribution >= 4 is 29.1 Å². The molecule has 0 radical (unpaired) electrons. The summed E-state index contributed by atoms with van der Waals surface area (Å²) >= 11 is 0. The Balaban J connectivity index is 1.70. The summed E-state index contributed by atoms with van der Waals surface area (Å²) in [5.74, 6) is -0.0446. The van der Waals surface area contributed by atoms with Gasteiger partial charge >= 0.3 is 5.97 Å². The number of anilines is 3. The monoisotopic (exact) mass is 375 g/mol. The van der Waals surface area contributed by atoms with Crippen molar-refractivity contribution in [1.29, 1.82) is 0 Å². The Hall–Kier alpha value is -3.67. The third-order valence-electron chi connectivity index (χ3n) is 3.99. The van der Waals surface area contributed by atoms with Crippen LogP contribution in [0.15, 0.2) is 66.9 Å². The fourth-order valence-electron chi connectivity index (χ4n) is 2.65. The molecular weight excluding hydrogens is 354 g/mol. The minimum absolute atomic E-state index is 0.195. The van der Waals surface area contributed by atoms with E-state index in [1.165, 1.54) is 0 Å². The standard InChI is InChI=1S/C22H21N3O3/c1-3-28-22(27)18-9-4-5-10-19(18)25-20-12-11-17(14-23-20)24-21(26)16-8-6-7-15(2)13-16/h4-14H,3H2,1-2H3,(H,23,25)(H,24,26). The van der Waals surface area contributed by atoms with Gasteiger partial charge in [0.15, 0.2) is 0 Å². The summed E-state index contributed by atoms with van der Waals surface area (Å²) in [5, 5.41) is 5.93. The maximum absolute atomic E-state index is 12.3. The predicted molar refractivity (Wildman–Crippen MR) is 109 cm³/mol. The normalized spacial score (nSPS) is 10.2. The summed E-state index contributed by atoms with van der Waals surface area (Å²) in [7, 11) is 0. The van der Waals surface area contributed by atoms with Gasteiger partial charge < -0.3 is 15.4 Å². The molecule has 28 heavy (non-hydrogen) atoms. The second-order valence-corrected chi connectivity index (χ2v) is 6.15. The van der Waals surface area contributed by atoms with E-state index in [9.17, 15) is 9.59 Å². The maximum atomic E-state index is 12.3. The van der Waals surface area contributed by atoms with E-state index in [0.717, 1.165) is 5.56 Å². The lowest BCUT2D eigenvalue weighted by Crippen LogP contribution is -2.12. The van der Waals surface area contributed by atoms with Gasteiger partial charge in [-0.15, -0.1) is 0 Å². The molecule has 0 unspecified atom stereocenters. The van der Waals surface area contributed by atoms with Crippen molar-refractivity contribution in [2.45, 2.75) is 13.8 Å². The number of pyridine rings is 1. The summed E-state index contributed by atoms with van der Waals surface area (Å²) in [5.41, 5.74) is 3.22. The summed E-state index contributed by atoms with van der Waals surface area (Å²) in [6, 6.07) is 17.9. The number of carbonyl (C=O) groups is 2. The van der Waals surface area contributed by atoms with E-state index in [0.29, 0.717) is 34.9 Å². The quantitative estimate of drug-likeness (QED) is 0.617. The lowest BCUT2D eigenvalue weighted by atomic mass is 10.1. The van der Waals surface area contributed by atoms with Crippen LogP contribution in [0.4, 0.5) is 17.2 Å². The largest absolute Gasteiger partial charge is 0.462 e. The molecule has 0 atom stereocenters. The molecule has 1 amide bonds. The molecule has 3 rings (SSSR count). The molecule has 0 aliphatic carbocycles.